The summed E-state index contributed by atoms with van der Waals surface area (Å²) in [5.74, 6) is 4.08. The molecule has 0 heterocycles. The number of hydrogen-bond donors (Lipinski definition) is 0. The van der Waals surface area contributed by atoms with Crippen molar-refractivity contribution in [1.82, 2.24) is 0 Å². The van der Waals surface area contributed by atoms with Crippen LogP contribution < -0.4 is 0 Å². The zero-order chi connectivity index (χ0) is 31.4. The first-order chi connectivity index (χ1) is 22.2. The Balaban J connectivity index is 1.05. The zero-order valence-electron chi connectivity index (χ0n) is 29.4. The van der Waals surface area contributed by atoms with Gasteiger partial charge in [-0.2, -0.15) is 0 Å². The van der Waals surface area contributed by atoms with Crippen molar-refractivity contribution in [1.29, 1.82) is 0 Å². The molecule has 2 aliphatic rings. The number of unbranched alkanes of at least 4 members (excludes halogenated alkanes) is 12. The van der Waals surface area contributed by atoms with Gasteiger partial charge in [-0.05, 0) is 104 Å². The van der Waals surface area contributed by atoms with E-state index in [2.05, 4.69) is 55.5 Å². The lowest BCUT2D eigenvalue weighted by molar-refractivity contribution is 0.140. The van der Waals surface area contributed by atoms with Crippen LogP contribution in [0.15, 0.2) is 48.5 Å². The molecule has 0 unspecified atom stereocenters. The van der Waals surface area contributed by atoms with E-state index in [-0.39, 0.29) is 6.67 Å². The first kappa shape index (κ1) is 36.2. The summed E-state index contributed by atoms with van der Waals surface area (Å²) in [6.45, 7) is 2.16. The molecule has 0 amide bonds. The molecule has 2 aliphatic carbocycles. The van der Waals surface area contributed by atoms with Crippen molar-refractivity contribution >= 4 is 0 Å². The number of hydrogen-bond acceptors (Lipinski definition) is 0. The number of aryl methyl sites for hydroxylation is 2. The third-order valence-corrected chi connectivity index (χ3v) is 11.8. The summed E-state index contributed by atoms with van der Waals surface area (Å²) in [5.41, 5.74) is 5.62. The van der Waals surface area contributed by atoms with E-state index in [0.29, 0.717) is 0 Å². The number of benzene rings is 2. The molecule has 0 N–H and O–H groups in total. The Kier molecular flexibility index (Phi) is 17.7. The monoisotopic (exact) mass is 617 g/mol. The molecule has 2 saturated carbocycles. The second-order valence-corrected chi connectivity index (χ2v) is 15.3. The van der Waals surface area contributed by atoms with Gasteiger partial charge in [0.25, 0.3) is 0 Å². The van der Waals surface area contributed by atoms with Crippen LogP contribution in [0.4, 0.5) is 4.39 Å². The zero-order valence-corrected chi connectivity index (χ0v) is 29.4. The first-order valence-corrected chi connectivity index (χ1v) is 20.0. The van der Waals surface area contributed by atoms with Gasteiger partial charge in [0.2, 0.25) is 0 Å². The molecule has 0 aromatic heterocycles. The predicted octanol–water partition coefficient (Wildman–Crippen LogP) is 14.3. The van der Waals surface area contributed by atoms with Crippen molar-refractivity contribution in [2.75, 3.05) is 6.67 Å². The molecule has 252 valence electrons. The van der Waals surface area contributed by atoms with Crippen LogP contribution in [0.1, 0.15) is 172 Å². The highest BCUT2D eigenvalue weighted by atomic mass is 19.1. The summed E-state index contributed by atoms with van der Waals surface area (Å²) in [5, 5.41) is 0. The SMILES string of the molecule is CCCCCCCCCC[C@H]1CC[C@H]([C@H]2CC[C@H](CCc3ccc(-c4ccc(CCCCCCCCF)cc4)cc3)CC2)CC1. The van der Waals surface area contributed by atoms with Crippen LogP contribution in [0.5, 0.6) is 0 Å². The lowest BCUT2D eigenvalue weighted by Crippen LogP contribution is -2.26. The van der Waals surface area contributed by atoms with Crippen molar-refractivity contribution in [3.63, 3.8) is 0 Å². The number of rotatable bonds is 22. The third kappa shape index (κ3) is 13.9. The Morgan fingerprint density at radius 2 is 0.867 bits per heavy atom. The Hall–Kier alpha value is -1.63. The van der Waals surface area contributed by atoms with E-state index in [0.717, 1.165) is 42.9 Å². The lowest BCUT2D eigenvalue weighted by atomic mass is 9.68. The Morgan fingerprint density at radius 3 is 1.38 bits per heavy atom. The average molecular weight is 617 g/mol. The van der Waals surface area contributed by atoms with Crippen molar-refractivity contribution in [2.24, 2.45) is 23.7 Å². The maximum atomic E-state index is 12.2. The molecule has 0 saturated heterocycles. The third-order valence-electron chi connectivity index (χ3n) is 11.8. The van der Waals surface area contributed by atoms with Gasteiger partial charge in [0.05, 0.1) is 6.67 Å². The van der Waals surface area contributed by atoms with E-state index in [4.69, 9.17) is 0 Å². The molecule has 4 rings (SSSR count). The maximum Gasteiger partial charge on any atom is 0.0894 e. The smallest absolute Gasteiger partial charge is 0.0894 e. The van der Waals surface area contributed by atoms with E-state index in [1.165, 1.54) is 170 Å². The standard InChI is InChI=1S/C44H69F/c1-2-3-4-5-6-7-10-13-16-37-20-28-41(29-21-37)43-32-24-39(25-33-43)18-19-40-26-34-44(35-27-40)42-30-22-38(23-31-42)17-14-11-8-9-12-15-36-45/h22-23,26-27,30-31,34-35,37,39,41,43H,2-21,24-25,28-29,32-33,36H2,1H3/t37-,39-,41-,43-. The van der Waals surface area contributed by atoms with Gasteiger partial charge in [0.15, 0.2) is 0 Å². The van der Waals surface area contributed by atoms with Crippen molar-refractivity contribution < 1.29 is 4.39 Å². The van der Waals surface area contributed by atoms with Gasteiger partial charge in [-0.1, -0.05) is 165 Å². The summed E-state index contributed by atoms with van der Waals surface area (Å²) in [4.78, 5) is 0. The van der Waals surface area contributed by atoms with Crippen LogP contribution in [-0.4, -0.2) is 6.67 Å². The molecule has 0 radical (unpaired) electrons. The number of alkyl halides is 1. The second-order valence-electron chi connectivity index (χ2n) is 15.3. The van der Waals surface area contributed by atoms with E-state index in [1.54, 1.807) is 0 Å². The summed E-state index contributed by atoms with van der Waals surface area (Å²) in [7, 11) is 0. The fourth-order valence-electron chi connectivity index (χ4n) is 8.69. The van der Waals surface area contributed by atoms with E-state index >= 15 is 0 Å². The molecular weight excluding hydrogens is 547 g/mol. The molecule has 2 fully saturated rings. The van der Waals surface area contributed by atoms with E-state index in [1.807, 2.05) is 0 Å². The molecule has 0 bridgehead atoms. The predicted molar refractivity (Wildman–Crippen MR) is 196 cm³/mol. The van der Waals surface area contributed by atoms with Crippen LogP contribution in [0.3, 0.4) is 0 Å². The summed E-state index contributed by atoms with van der Waals surface area (Å²) >= 11 is 0. The summed E-state index contributed by atoms with van der Waals surface area (Å²) in [6, 6.07) is 18.7. The van der Waals surface area contributed by atoms with Gasteiger partial charge in [0.1, 0.15) is 0 Å². The quantitative estimate of drug-likeness (QED) is 0.115. The fourth-order valence-corrected chi connectivity index (χ4v) is 8.69. The van der Waals surface area contributed by atoms with Crippen LogP contribution in [0.25, 0.3) is 11.1 Å². The molecule has 0 aliphatic heterocycles. The van der Waals surface area contributed by atoms with Gasteiger partial charge in [-0.15, -0.1) is 0 Å². The van der Waals surface area contributed by atoms with Crippen LogP contribution >= 0.6 is 0 Å². The Labute approximate surface area is 278 Å². The minimum atomic E-state index is -0.157. The highest BCUT2D eigenvalue weighted by Crippen LogP contribution is 2.43. The molecule has 0 atom stereocenters. The van der Waals surface area contributed by atoms with E-state index < -0.39 is 0 Å². The molecule has 45 heavy (non-hydrogen) atoms. The normalized spacial score (nSPS) is 22.1. The number of halogens is 1. The van der Waals surface area contributed by atoms with Crippen LogP contribution in [0.2, 0.25) is 0 Å². The summed E-state index contributed by atoms with van der Waals surface area (Å²) < 4.78 is 12.2. The van der Waals surface area contributed by atoms with Crippen LogP contribution in [0, 0.1) is 23.7 Å². The molecule has 2 aromatic carbocycles. The van der Waals surface area contributed by atoms with Gasteiger partial charge >= 0.3 is 0 Å². The molecule has 2 aromatic rings. The second kappa shape index (κ2) is 22.0. The van der Waals surface area contributed by atoms with E-state index in [9.17, 15) is 4.39 Å². The molecular formula is C44H69F. The Bertz CT molecular complexity index is 975. The minimum Gasteiger partial charge on any atom is -0.251 e. The van der Waals surface area contributed by atoms with Gasteiger partial charge in [-0.3, -0.25) is 4.39 Å². The van der Waals surface area contributed by atoms with Crippen molar-refractivity contribution in [2.45, 2.75) is 174 Å². The molecule has 1 heteroatoms. The topological polar surface area (TPSA) is 0 Å². The Morgan fingerprint density at radius 1 is 0.444 bits per heavy atom. The molecule has 0 spiro atoms. The van der Waals surface area contributed by atoms with Crippen molar-refractivity contribution in [3.05, 3.63) is 59.7 Å². The summed E-state index contributed by atoms with van der Waals surface area (Å²) in [6.07, 6.45) is 35.8. The fraction of sp³-hybridized carbons (Fsp3) is 0.727. The average Bonchev–Trinajstić information content (AvgIpc) is 3.09. The first-order valence-electron chi connectivity index (χ1n) is 20.0. The van der Waals surface area contributed by atoms with Gasteiger partial charge < -0.3 is 0 Å². The maximum absolute atomic E-state index is 12.2. The molecule has 0 nitrogen and oxygen atoms in total. The highest BCUT2D eigenvalue weighted by Gasteiger charge is 2.30. The lowest BCUT2D eigenvalue weighted by Gasteiger charge is -2.38. The highest BCUT2D eigenvalue weighted by molar-refractivity contribution is 5.64. The van der Waals surface area contributed by atoms with Gasteiger partial charge in [-0.25, -0.2) is 0 Å². The minimum absolute atomic E-state index is 0.157. The van der Waals surface area contributed by atoms with Crippen LogP contribution in [-0.2, 0) is 12.8 Å². The largest absolute Gasteiger partial charge is 0.251 e. The van der Waals surface area contributed by atoms with Gasteiger partial charge in [0, 0.05) is 0 Å². The van der Waals surface area contributed by atoms with Crippen molar-refractivity contribution in [3.8, 4) is 11.1 Å².